The molecule has 1 aliphatic rings. The second kappa shape index (κ2) is 7.26. The van der Waals surface area contributed by atoms with Crippen molar-refractivity contribution in [3.63, 3.8) is 0 Å². The van der Waals surface area contributed by atoms with Gasteiger partial charge in [0.2, 0.25) is 5.91 Å². The van der Waals surface area contributed by atoms with Gasteiger partial charge in [-0.3, -0.25) is 19.7 Å². The van der Waals surface area contributed by atoms with Gasteiger partial charge in [-0.1, -0.05) is 12.1 Å². The Kier molecular flexibility index (Phi) is 4.87. The Morgan fingerprint density at radius 1 is 1.35 bits per heavy atom. The summed E-state index contributed by atoms with van der Waals surface area (Å²) in [6.45, 7) is 0.861. The van der Waals surface area contributed by atoms with E-state index in [2.05, 4.69) is 5.32 Å². The molecule has 1 N–H and O–H groups in total. The first-order valence-corrected chi connectivity index (χ1v) is 7.92. The summed E-state index contributed by atoms with van der Waals surface area (Å²) in [4.78, 5) is 35.6. The van der Waals surface area contributed by atoms with Gasteiger partial charge in [-0.15, -0.1) is 0 Å². The standard InChI is InChI=1S/C17H17N3O6/c1-25-13-4-2-3-11(7-13)8-18-16(21)12-9-19(10-12)17(22)14-5-6-15(26-14)20(23)24/h2-7,12H,8-10H2,1H3,(H,18,21). The van der Waals surface area contributed by atoms with Crippen LogP contribution in [0.25, 0.3) is 0 Å². The number of nitrogens with one attached hydrogen (secondary N) is 1. The summed E-state index contributed by atoms with van der Waals surface area (Å²) in [6.07, 6.45) is 0. The van der Waals surface area contributed by atoms with Gasteiger partial charge in [0, 0.05) is 19.6 Å². The quantitative estimate of drug-likeness (QED) is 0.618. The van der Waals surface area contributed by atoms with Crippen LogP contribution in [0.4, 0.5) is 5.88 Å². The predicted octanol–water partition coefficient (Wildman–Crippen LogP) is 1.58. The van der Waals surface area contributed by atoms with Gasteiger partial charge in [-0.25, -0.2) is 0 Å². The van der Waals surface area contributed by atoms with Gasteiger partial charge < -0.3 is 19.4 Å². The monoisotopic (exact) mass is 359 g/mol. The van der Waals surface area contributed by atoms with Crippen molar-refractivity contribution in [2.24, 2.45) is 5.92 Å². The highest BCUT2D eigenvalue weighted by atomic mass is 16.6. The molecular formula is C17H17N3O6. The highest BCUT2D eigenvalue weighted by Gasteiger charge is 2.37. The van der Waals surface area contributed by atoms with E-state index in [-0.39, 0.29) is 30.7 Å². The molecule has 0 bridgehead atoms. The van der Waals surface area contributed by atoms with E-state index in [0.29, 0.717) is 12.3 Å². The number of amides is 2. The van der Waals surface area contributed by atoms with Crippen LogP contribution in [-0.4, -0.2) is 41.8 Å². The molecule has 2 heterocycles. The molecule has 3 rings (SSSR count). The fraction of sp³-hybridized carbons (Fsp3) is 0.294. The molecule has 9 nitrogen and oxygen atoms in total. The second-order valence-electron chi connectivity index (χ2n) is 5.87. The zero-order valence-electron chi connectivity index (χ0n) is 14.0. The molecule has 1 aromatic carbocycles. The Morgan fingerprint density at radius 2 is 2.12 bits per heavy atom. The van der Waals surface area contributed by atoms with Crippen molar-refractivity contribution in [1.29, 1.82) is 0 Å². The fourth-order valence-corrected chi connectivity index (χ4v) is 2.62. The highest BCUT2D eigenvalue weighted by molar-refractivity contribution is 5.94. The van der Waals surface area contributed by atoms with Crippen LogP contribution in [0.15, 0.2) is 40.8 Å². The topological polar surface area (TPSA) is 115 Å². The van der Waals surface area contributed by atoms with Gasteiger partial charge in [0.15, 0.2) is 5.76 Å². The second-order valence-corrected chi connectivity index (χ2v) is 5.87. The molecule has 0 atom stereocenters. The molecule has 2 aromatic rings. The SMILES string of the molecule is COc1cccc(CNC(=O)C2CN(C(=O)c3ccc([N+](=O)[O-])o3)C2)c1. The van der Waals surface area contributed by atoms with Gasteiger partial charge >= 0.3 is 5.88 Å². The molecule has 0 unspecified atom stereocenters. The maximum atomic E-state index is 12.2. The first-order chi connectivity index (χ1) is 12.5. The van der Waals surface area contributed by atoms with Gasteiger partial charge in [-0.2, -0.15) is 0 Å². The molecule has 26 heavy (non-hydrogen) atoms. The summed E-state index contributed by atoms with van der Waals surface area (Å²) in [7, 11) is 1.57. The number of methoxy groups -OCH3 is 1. The Morgan fingerprint density at radius 3 is 2.77 bits per heavy atom. The van der Waals surface area contributed by atoms with E-state index >= 15 is 0 Å². The molecule has 2 amide bonds. The Labute approximate surface area is 148 Å². The van der Waals surface area contributed by atoms with Crippen LogP contribution in [0.1, 0.15) is 16.1 Å². The zero-order chi connectivity index (χ0) is 18.7. The number of carbonyl (C=O) groups excluding carboxylic acids is 2. The number of nitrogens with zero attached hydrogens (tertiary/aromatic N) is 2. The minimum absolute atomic E-state index is 0.105. The molecular weight excluding hydrogens is 342 g/mol. The largest absolute Gasteiger partial charge is 0.497 e. The number of nitro groups is 1. The average Bonchev–Trinajstić information content (AvgIpc) is 3.09. The van der Waals surface area contributed by atoms with Crippen LogP contribution in [0, 0.1) is 16.0 Å². The lowest BCUT2D eigenvalue weighted by atomic mass is 9.98. The highest BCUT2D eigenvalue weighted by Crippen LogP contribution is 2.22. The van der Waals surface area contributed by atoms with Crippen LogP contribution < -0.4 is 10.1 Å². The lowest BCUT2D eigenvalue weighted by molar-refractivity contribution is -0.402. The van der Waals surface area contributed by atoms with Crippen LogP contribution in [-0.2, 0) is 11.3 Å². The number of ether oxygens (including phenoxy) is 1. The van der Waals surface area contributed by atoms with Gasteiger partial charge in [0.05, 0.1) is 19.1 Å². The van der Waals surface area contributed by atoms with E-state index in [1.807, 2.05) is 24.3 Å². The lowest BCUT2D eigenvalue weighted by Crippen LogP contribution is -2.55. The first kappa shape index (κ1) is 17.5. The summed E-state index contributed by atoms with van der Waals surface area (Å²) < 4.78 is 10.0. The van der Waals surface area contributed by atoms with E-state index < -0.39 is 16.7 Å². The molecule has 1 aromatic heterocycles. The van der Waals surface area contributed by atoms with E-state index in [9.17, 15) is 19.7 Å². The third-order valence-corrected chi connectivity index (χ3v) is 4.12. The minimum atomic E-state index is -0.707. The molecule has 1 saturated heterocycles. The number of hydrogen-bond donors (Lipinski definition) is 1. The Balaban J connectivity index is 1.48. The number of rotatable bonds is 6. The Hall–Kier alpha value is -3.36. The van der Waals surface area contributed by atoms with Crippen molar-refractivity contribution in [2.45, 2.75) is 6.54 Å². The summed E-state index contributed by atoms with van der Waals surface area (Å²) in [6, 6.07) is 9.76. The third kappa shape index (κ3) is 3.66. The number of likely N-dealkylation sites (tertiary alicyclic amines) is 1. The third-order valence-electron chi connectivity index (χ3n) is 4.12. The Bertz CT molecular complexity index is 841. The first-order valence-electron chi connectivity index (χ1n) is 7.92. The van der Waals surface area contributed by atoms with Crippen molar-refractivity contribution in [2.75, 3.05) is 20.2 Å². The smallest absolute Gasteiger partial charge is 0.433 e. The molecule has 0 aliphatic carbocycles. The van der Waals surface area contributed by atoms with Crippen molar-refractivity contribution < 1.29 is 23.7 Å². The molecule has 1 fully saturated rings. The lowest BCUT2D eigenvalue weighted by Gasteiger charge is -2.37. The zero-order valence-corrected chi connectivity index (χ0v) is 14.0. The molecule has 136 valence electrons. The predicted molar refractivity (Wildman–Crippen MR) is 89.6 cm³/mol. The molecule has 0 saturated carbocycles. The molecule has 1 aliphatic heterocycles. The molecule has 0 radical (unpaired) electrons. The maximum absolute atomic E-state index is 12.2. The summed E-state index contributed by atoms with van der Waals surface area (Å²) in [5.41, 5.74) is 0.910. The molecule has 0 spiro atoms. The van der Waals surface area contributed by atoms with Crippen molar-refractivity contribution in [1.82, 2.24) is 10.2 Å². The maximum Gasteiger partial charge on any atom is 0.433 e. The van der Waals surface area contributed by atoms with Gasteiger partial charge in [0.25, 0.3) is 5.91 Å². The minimum Gasteiger partial charge on any atom is -0.497 e. The fourth-order valence-electron chi connectivity index (χ4n) is 2.62. The van der Waals surface area contributed by atoms with Crippen molar-refractivity contribution in [3.05, 3.63) is 57.8 Å². The molecule has 9 heteroatoms. The van der Waals surface area contributed by atoms with E-state index in [0.717, 1.165) is 11.6 Å². The number of hydrogen-bond acceptors (Lipinski definition) is 6. The van der Waals surface area contributed by atoms with Crippen molar-refractivity contribution >= 4 is 17.7 Å². The number of benzene rings is 1. The van der Waals surface area contributed by atoms with E-state index in [1.54, 1.807) is 7.11 Å². The average molecular weight is 359 g/mol. The number of carbonyl (C=O) groups is 2. The van der Waals surface area contributed by atoms with Crippen molar-refractivity contribution in [3.8, 4) is 5.75 Å². The normalized spacial score (nSPS) is 13.8. The summed E-state index contributed by atoms with van der Waals surface area (Å²) >= 11 is 0. The summed E-state index contributed by atoms with van der Waals surface area (Å²) in [5, 5.41) is 13.4. The number of furan rings is 1. The van der Waals surface area contributed by atoms with Crippen LogP contribution in [0.3, 0.4) is 0 Å². The van der Waals surface area contributed by atoms with Crippen LogP contribution in [0.2, 0.25) is 0 Å². The van der Waals surface area contributed by atoms with E-state index in [1.165, 1.54) is 11.0 Å². The summed E-state index contributed by atoms with van der Waals surface area (Å²) in [5.74, 6) is -0.801. The van der Waals surface area contributed by atoms with Gasteiger partial charge in [-0.05, 0) is 23.8 Å². The van der Waals surface area contributed by atoms with Crippen LogP contribution in [0.5, 0.6) is 5.75 Å². The van der Waals surface area contributed by atoms with Crippen LogP contribution >= 0.6 is 0 Å². The van der Waals surface area contributed by atoms with Gasteiger partial charge in [0.1, 0.15) is 10.7 Å². The van der Waals surface area contributed by atoms with E-state index in [4.69, 9.17) is 9.15 Å².